The van der Waals surface area contributed by atoms with Crippen molar-refractivity contribution in [3.05, 3.63) is 57.6 Å². The Morgan fingerprint density at radius 3 is 2.74 bits per heavy atom. The molecule has 1 amide bonds. The molecular weight excluding hydrogens is 290 g/mol. The van der Waals surface area contributed by atoms with E-state index in [9.17, 15) is 9.18 Å². The van der Waals surface area contributed by atoms with Gasteiger partial charge in [0.25, 0.3) is 5.91 Å². The smallest absolute Gasteiger partial charge is 0.257 e. The number of benzene rings is 1. The molecule has 19 heavy (non-hydrogen) atoms. The first-order valence-electron chi connectivity index (χ1n) is 5.36. The van der Waals surface area contributed by atoms with Crippen molar-refractivity contribution < 1.29 is 9.18 Å². The van der Waals surface area contributed by atoms with E-state index >= 15 is 0 Å². The number of hydrogen-bond donors (Lipinski definition) is 1. The molecule has 3 nitrogen and oxygen atoms in total. The maximum absolute atomic E-state index is 12.9. The van der Waals surface area contributed by atoms with Crippen LogP contribution in [0.2, 0.25) is 10.2 Å². The minimum atomic E-state index is -0.503. The van der Waals surface area contributed by atoms with E-state index < -0.39 is 11.7 Å². The molecule has 0 atom stereocenters. The van der Waals surface area contributed by atoms with Crippen LogP contribution >= 0.6 is 23.2 Å². The van der Waals surface area contributed by atoms with Gasteiger partial charge >= 0.3 is 0 Å². The zero-order valence-electron chi connectivity index (χ0n) is 9.88. The van der Waals surface area contributed by atoms with Gasteiger partial charge in [0.1, 0.15) is 5.82 Å². The molecule has 0 radical (unpaired) electrons. The molecule has 98 valence electrons. The summed E-state index contributed by atoms with van der Waals surface area (Å²) >= 11 is 11.7. The topological polar surface area (TPSA) is 42.0 Å². The number of nitrogens with zero attached hydrogens (tertiary/aromatic N) is 1. The number of pyridine rings is 1. The quantitative estimate of drug-likeness (QED) is 0.849. The Kier molecular flexibility index (Phi) is 4.02. The van der Waals surface area contributed by atoms with E-state index in [-0.39, 0.29) is 15.7 Å². The number of aryl methyl sites for hydroxylation is 1. The van der Waals surface area contributed by atoms with Crippen LogP contribution in [0.25, 0.3) is 0 Å². The van der Waals surface area contributed by atoms with Crippen molar-refractivity contribution in [1.29, 1.82) is 0 Å². The molecule has 0 saturated heterocycles. The summed E-state index contributed by atoms with van der Waals surface area (Å²) in [5.41, 5.74) is 1.40. The predicted molar refractivity (Wildman–Crippen MR) is 73.3 cm³/mol. The van der Waals surface area contributed by atoms with Gasteiger partial charge in [0.2, 0.25) is 0 Å². The van der Waals surface area contributed by atoms with Crippen molar-refractivity contribution in [1.82, 2.24) is 4.98 Å². The fraction of sp³-hybridized carbons (Fsp3) is 0.0769. The highest BCUT2D eigenvalue weighted by atomic mass is 35.5. The SMILES string of the molecule is Cc1cnc(Cl)c(NC(=O)c2ccc(F)cc2Cl)c1. The van der Waals surface area contributed by atoms with Crippen molar-refractivity contribution in [3.8, 4) is 0 Å². The van der Waals surface area contributed by atoms with Gasteiger partial charge in [0, 0.05) is 6.20 Å². The molecule has 0 fully saturated rings. The van der Waals surface area contributed by atoms with Gasteiger partial charge in [-0.25, -0.2) is 9.37 Å². The number of aromatic nitrogens is 1. The number of anilines is 1. The fourth-order valence-corrected chi connectivity index (χ4v) is 1.91. The maximum Gasteiger partial charge on any atom is 0.257 e. The fourth-order valence-electron chi connectivity index (χ4n) is 1.50. The summed E-state index contributed by atoms with van der Waals surface area (Å²) in [6.45, 7) is 1.82. The van der Waals surface area contributed by atoms with Gasteiger partial charge in [-0.2, -0.15) is 0 Å². The van der Waals surface area contributed by atoms with Crippen LogP contribution in [0.15, 0.2) is 30.5 Å². The largest absolute Gasteiger partial charge is 0.319 e. The third kappa shape index (κ3) is 3.22. The van der Waals surface area contributed by atoms with Crippen molar-refractivity contribution in [3.63, 3.8) is 0 Å². The Morgan fingerprint density at radius 2 is 2.05 bits per heavy atom. The summed E-state index contributed by atoms with van der Waals surface area (Å²) in [7, 11) is 0. The second-order valence-corrected chi connectivity index (χ2v) is 4.69. The number of hydrogen-bond acceptors (Lipinski definition) is 2. The van der Waals surface area contributed by atoms with Gasteiger partial charge in [-0.15, -0.1) is 0 Å². The van der Waals surface area contributed by atoms with Gasteiger partial charge in [0.05, 0.1) is 16.3 Å². The van der Waals surface area contributed by atoms with E-state index in [1.165, 1.54) is 6.07 Å². The monoisotopic (exact) mass is 298 g/mol. The molecule has 1 heterocycles. The Labute approximate surface area is 119 Å². The second kappa shape index (κ2) is 5.55. The number of amides is 1. The van der Waals surface area contributed by atoms with Crippen molar-refractivity contribution in [2.45, 2.75) is 6.92 Å². The predicted octanol–water partition coefficient (Wildman–Crippen LogP) is 4.09. The lowest BCUT2D eigenvalue weighted by Crippen LogP contribution is -2.13. The van der Waals surface area contributed by atoms with Gasteiger partial charge < -0.3 is 5.32 Å². The molecular formula is C13H9Cl2FN2O. The number of carbonyl (C=O) groups excluding carboxylic acids is 1. The lowest BCUT2D eigenvalue weighted by atomic mass is 10.2. The molecule has 0 aliphatic heterocycles. The Hall–Kier alpha value is -1.65. The summed E-state index contributed by atoms with van der Waals surface area (Å²) in [5.74, 6) is -0.976. The Balaban J connectivity index is 2.28. The number of nitrogens with one attached hydrogen (secondary N) is 1. The van der Waals surface area contributed by atoms with Crippen molar-refractivity contribution in [2.75, 3.05) is 5.32 Å². The number of halogens is 3. The molecule has 1 N–H and O–H groups in total. The van der Waals surface area contributed by atoms with Crippen LogP contribution in [0.3, 0.4) is 0 Å². The summed E-state index contributed by atoms with van der Waals surface area (Å²) in [6, 6.07) is 5.23. The maximum atomic E-state index is 12.9. The van der Waals surface area contributed by atoms with Gasteiger partial charge in [-0.05, 0) is 36.8 Å². The normalized spacial score (nSPS) is 10.3. The van der Waals surface area contributed by atoms with Crippen LogP contribution < -0.4 is 5.32 Å². The van der Waals surface area contributed by atoms with E-state index in [4.69, 9.17) is 23.2 Å². The van der Waals surface area contributed by atoms with Crippen LogP contribution in [0, 0.1) is 12.7 Å². The number of carbonyl (C=O) groups is 1. The molecule has 1 aromatic heterocycles. The standard InChI is InChI=1S/C13H9Cl2FN2O/c1-7-4-11(12(15)17-6-7)18-13(19)9-3-2-8(16)5-10(9)14/h2-6H,1H3,(H,18,19). The highest BCUT2D eigenvalue weighted by Gasteiger charge is 2.13. The molecule has 0 spiro atoms. The van der Waals surface area contributed by atoms with Crippen molar-refractivity contribution in [2.24, 2.45) is 0 Å². The first kappa shape index (κ1) is 13.8. The first-order chi connectivity index (χ1) is 8.97. The van der Waals surface area contributed by atoms with Gasteiger partial charge in [0.15, 0.2) is 5.15 Å². The van der Waals surface area contributed by atoms with Crippen LogP contribution in [0.4, 0.5) is 10.1 Å². The van der Waals surface area contributed by atoms with E-state index in [1.54, 1.807) is 12.3 Å². The molecule has 2 rings (SSSR count). The number of rotatable bonds is 2. The molecule has 0 saturated carbocycles. The summed E-state index contributed by atoms with van der Waals surface area (Å²) < 4.78 is 12.9. The summed E-state index contributed by atoms with van der Waals surface area (Å²) in [6.07, 6.45) is 1.59. The highest BCUT2D eigenvalue weighted by Crippen LogP contribution is 2.23. The van der Waals surface area contributed by atoms with E-state index in [0.717, 1.165) is 17.7 Å². The minimum Gasteiger partial charge on any atom is -0.319 e. The molecule has 0 aliphatic carbocycles. The Bertz CT molecular complexity index is 647. The highest BCUT2D eigenvalue weighted by molar-refractivity contribution is 6.35. The average Bonchev–Trinajstić information content (AvgIpc) is 2.33. The molecule has 0 unspecified atom stereocenters. The molecule has 1 aromatic carbocycles. The molecule has 0 aliphatic rings. The first-order valence-corrected chi connectivity index (χ1v) is 6.11. The van der Waals surface area contributed by atoms with Crippen LogP contribution in [-0.2, 0) is 0 Å². The molecule has 6 heteroatoms. The second-order valence-electron chi connectivity index (χ2n) is 3.93. The molecule has 0 bridgehead atoms. The molecule has 2 aromatic rings. The zero-order chi connectivity index (χ0) is 14.0. The summed E-state index contributed by atoms with van der Waals surface area (Å²) in [5, 5.41) is 2.80. The zero-order valence-corrected chi connectivity index (χ0v) is 11.4. The van der Waals surface area contributed by atoms with Gasteiger partial charge in [-0.1, -0.05) is 23.2 Å². The van der Waals surface area contributed by atoms with E-state index in [0.29, 0.717) is 5.69 Å². The van der Waals surface area contributed by atoms with Crippen molar-refractivity contribution >= 4 is 34.8 Å². The van der Waals surface area contributed by atoms with E-state index in [1.807, 2.05) is 6.92 Å². The van der Waals surface area contributed by atoms with Crippen LogP contribution in [0.1, 0.15) is 15.9 Å². The third-order valence-corrected chi connectivity index (χ3v) is 3.01. The lowest BCUT2D eigenvalue weighted by molar-refractivity contribution is 0.102. The Morgan fingerprint density at radius 1 is 1.32 bits per heavy atom. The van der Waals surface area contributed by atoms with E-state index in [2.05, 4.69) is 10.3 Å². The summed E-state index contributed by atoms with van der Waals surface area (Å²) in [4.78, 5) is 15.9. The lowest BCUT2D eigenvalue weighted by Gasteiger charge is -2.08. The average molecular weight is 299 g/mol. The minimum absolute atomic E-state index is 0.0363. The van der Waals surface area contributed by atoms with Crippen LogP contribution in [-0.4, -0.2) is 10.9 Å². The van der Waals surface area contributed by atoms with Gasteiger partial charge in [-0.3, -0.25) is 4.79 Å². The third-order valence-electron chi connectivity index (χ3n) is 2.40. The van der Waals surface area contributed by atoms with Crippen LogP contribution in [0.5, 0.6) is 0 Å².